The molecule has 96 valence electrons. The molecule has 1 rings (SSSR count). The van der Waals surface area contributed by atoms with Gasteiger partial charge in [-0.1, -0.05) is 12.1 Å². The number of benzene rings is 1. The maximum absolute atomic E-state index is 12.4. The van der Waals surface area contributed by atoms with Crippen LogP contribution in [0.15, 0.2) is 24.3 Å². The predicted octanol–water partition coefficient (Wildman–Crippen LogP) is 2.62. The van der Waals surface area contributed by atoms with Gasteiger partial charge in [0.1, 0.15) is 11.5 Å². The summed E-state index contributed by atoms with van der Waals surface area (Å²) in [4.78, 5) is 0. The third-order valence-electron chi connectivity index (χ3n) is 2.19. The van der Waals surface area contributed by atoms with Gasteiger partial charge in [-0.25, -0.2) is 0 Å². The SMILES string of the molecule is CCOP(=O)(OCC)[C@H](N)c1ccc(O)cc1. The summed E-state index contributed by atoms with van der Waals surface area (Å²) in [6.07, 6.45) is 0. The number of rotatable bonds is 6. The second kappa shape index (κ2) is 6.17. The molecule has 0 aromatic heterocycles. The van der Waals surface area contributed by atoms with E-state index in [4.69, 9.17) is 14.8 Å². The molecule has 0 bridgehead atoms. The molecule has 6 heteroatoms. The molecule has 0 aliphatic rings. The minimum Gasteiger partial charge on any atom is -0.508 e. The second-order valence-electron chi connectivity index (χ2n) is 3.41. The lowest BCUT2D eigenvalue weighted by atomic mass is 10.2. The molecule has 1 aromatic rings. The van der Waals surface area contributed by atoms with Gasteiger partial charge in [0.05, 0.1) is 13.2 Å². The van der Waals surface area contributed by atoms with Crippen LogP contribution in [0.1, 0.15) is 25.2 Å². The molecule has 17 heavy (non-hydrogen) atoms. The van der Waals surface area contributed by atoms with Gasteiger partial charge in [0, 0.05) is 0 Å². The minimum absolute atomic E-state index is 0.128. The average Bonchev–Trinajstić information content (AvgIpc) is 2.30. The van der Waals surface area contributed by atoms with Crippen LogP contribution in [-0.4, -0.2) is 18.3 Å². The maximum atomic E-state index is 12.4. The van der Waals surface area contributed by atoms with E-state index in [1.54, 1.807) is 26.0 Å². The third kappa shape index (κ3) is 3.54. The van der Waals surface area contributed by atoms with Crippen molar-refractivity contribution in [3.05, 3.63) is 29.8 Å². The van der Waals surface area contributed by atoms with Crippen molar-refractivity contribution in [2.75, 3.05) is 13.2 Å². The van der Waals surface area contributed by atoms with Gasteiger partial charge in [0.15, 0.2) is 0 Å². The van der Waals surface area contributed by atoms with Crippen molar-refractivity contribution < 1.29 is 18.7 Å². The Morgan fingerprint density at radius 1 is 1.24 bits per heavy atom. The fourth-order valence-corrected chi connectivity index (χ4v) is 3.06. The lowest BCUT2D eigenvalue weighted by Gasteiger charge is -2.23. The molecule has 0 aliphatic heterocycles. The van der Waals surface area contributed by atoms with E-state index < -0.39 is 13.4 Å². The van der Waals surface area contributed by atoms with E-state index >= 15 is 0 Å². The Morgan fingerprint density at radius 3 is 2.12 bits per heavy atom. The molecule has 1 aromatic carbocycles. The highest BCUT2D eigenvalue weighted by atomic mass is 31.2. The van der Waals surface area contributed by atoms with Crippen LogP contribution in [0, 0.1) is 0 Å². The molecule has 3 N–H and O–H groups in total. The number of hydrogen-bond donors (Lipinski definition) is 2. The van der Waals surface area contributed by atoms with Gasteiger partial charge in [-0.15, -0.1) is 0 Å². The Hall–Kier alpha value is -0.870. The molecule has 0 spiro atoms. The summed E-state index contributed by atoms with van der Waals surface area (Å²) in [5, 5.41) is 9.18. The molecule has 0 amide bonds. The minimum atomic E-state index is -3.35. The van der Waals surface area contributed by atoms with Crippen molar-refractivity contribution in [1.29, 1.82) is 0 Å². The molecule has 0 saturated heterocycles. The number of aromatic hydroxyl groups is 1. The highest BCUT2D eigenvalue weighted by molar-refractivity contribution is 7.54. The van der Waals surface area contributed by atoms with Gasteiger partial charge in [-0.05, 0) is 31.5 Å². The van der Waals surface area contributed by atoms with Gasteiger partial charge in [0.25, 0.3) is 0 Å². The number of nitrogens with two attached hydrogens (primary N) is 1. The Balaban J connectivity index is 2.95. The Kier molecular flexibility index (Phi) is 5.15. The lowest BCUT2D eigenvalue weighted by molar-refractivity contribution is 0.212. The standard InChI is InChI=1S/C11H18NO4P/c1-3-15-17(14,16-4-2)11(12)9-5-7-10(13)8-6-9/h5-8,11,13H,3-4,12H2,1-2H3/t11-/m0/s1. The monoisotopic (exact) mass is 259 g/mol. The molecule has 0 radical (unpaired) electrons. The van der Waals surface area contributed by atoms with Crippen molar-refractivity contribution in [3.8, 4) is 5.75 Å². The summed E-state index contributed by atoms with van der Waals surface area (Å²) in [6.45, 7) is 4.00. The number of phenols is 1. The average molecular weight is 259 g/mol. The van der Waals surface area contributed by atoms with Crippen LogP contribution < -0.4 is 5.73 Å². The van der Waals surface area contributed by atoms with Crippen molar-refractivity contribution in [1.82, 2.24) is 0 Å². The van der Waals surface area contributed by atoms with Crippen molar-refractivity contribution in [2.24, 2.45) is 5.73 Å². The fourth-order valence-electron chi connectivity index (χ4n) is 1.41. The van der Waals surface area contributed by atoms with Crippen molar-refractivity contribution >= 4 is 7.60 Å². The zero-order valence-electron chi connectivity index (χ0n) is 10.00. The zero-order valence-corrected chi connectivity index (χ0v) is 10.9. The third-order valence-corrected chi connectivity index (χ3v) is 4.41. The van der Waals surface area contributed by atoms with E-state index in [0.717, 1.165) is 0 Å². The Bertz CT molecular complexity index is 383. The van der Waals surface area contributed by atoms with Crippen molar-refractivity contribution in [3.63, 3.8) is 0 Å². The molecule has 0 saturated carbocycles. The van der Waals surface area contributed by atoms with E-state index in [9.17, 15) is 9.67 Å². The summed E-state index contributed by atoms with van der Waals surface area (Å²) in [5.74, 6) is -0.716. The smallest absolute Gasteiger partial charge is 0.351 e. The van der Waals surface area contributed by atoms with E-state index in [0.29, 0.717) is 5.56 Å². The first kappa shape index (κ1) is 14.2. The van der Waals surface area contributed by atoms with E-state index in [2.05, 4.69) is 0 Å². The quantitative estimate of drug-likeness (QED) is 0.767. The first-order chi connectivity index (χ1) is 8.03. The van der Waals surface area contributed by atoms with Crippen LogP contribution in [0.2, 0.25) is 0 Å². The first-order valence-corrected chi connectivity index (χ1v) is 7.08. The molecule has 0 unspecified atom stereocenters. The van der Waals surface area contributed by atoms with Crippen LogP contribution in [0.25, 0.3) is 0 Å². The van der Waals surface area contributed by atoms with Crippen LogP contribution in [0.3, 0.4) is 0 Å². The zero-order chi connectivity index (χ0) is 12.9. The largest absolute Gasteiger partial charge is 0.508 e. The predicted molar refractivity (Wildman–Crippen MR) is 65.9 cm³/mol. The molecule has 0 heterocycles. The summed E-state index contributed by atoms with van der Waals surface area (Å²) in [7, 11) is -3.35. The maximum Gasteiger partial charge on any atom is 0.351 e. The van der Waals surface area contributed by atoms with Gasteiger partial charge >= 0.3 is 7.60 Å². The summed E-state index contributed by atoms with van der Waals surface area (Å²) < 4.78 is 22.7. The van der Waals surface area contributed by atoms with Crippen LogP contribution in [-0.2, 0) is 13.6 Å². The molecular formula is C11H18NO4P. The highest BCUT2D eigenvalue weighted by Gasteiger charge is 2.33. The molecule has 1 atom stereocenters. The lowest BCUT2D eigenvalue weighted by Crippen LogP contribution is -2.14. The van der Waals surface area contributed by atoms with Crippen LogP contribution in [0.5, 0.6) is 5.75 Å². The first-order valence-electron chi connectivity index (χ1n) is 5.46. The second-order valence-corrected chi connectivity index (χ2v) is 5.56. The normalized spacial score (nSPS) is 13.6. The van der Waals surface area contributed by atoms with Crippen molar-refractivity contribution in [2.45, 2.75) is 19.6 Å². The fraction of sp³-hybridized carbons (Fsp3) is 0.455. The van der Waals surface area contributed by atoms with E-state index in [-0.39, 0.29) is 19.0 Å². The topological polar surface area (TPSA) is 81.8 Å². The summed E-state index contributed by atoms with van der Waals surface area (Å²) >= 11 is 0. The van der Waals surface area contributed by atoms with Gasteiger partial charge in [-0.3, -0.25) is 4.57 Å². The number of hydrogen-bond acceptors (Lipinski definition) is 5. The van der Waals surface area contributed by atoms with Crippen LogP contribution in [0.4, 0.5) is 0 Å². The number of phenolic OH excluding ortho intramolecular Hbond substituents is 1. The highest BCUT2D eigenvalue weighted by Crippen LogP contribution is 2.58. The van der Waals surface area contributed by atoms with Gasteiger partial charge < -0.3 is 19.9 Å². The Labute approximate surface area is 101 Å². The van der Waals surface area contributed by atoms with Gasteiger partial charge in [-0.2, -0.15) is 0 Å². The summed E-state index contributed by atoms with van der Waals surface area (Å²) in [5.41, 5.74) is 6.51. The van der Waals surface area contributed by atoms with E-state index in [1.807, 2.05) is 0 Å². The van der Waals surface area contributed by atoms with Gasteiger partial charge in [0.2, 0.25) is 0 Å². The summed E-state index contributed by atoms with van der Waals surface area (Å²) in [6, 6.07) is 6.17. The van der Waals surface area contributed by atoms with Crippen LogP contribution >= 0.6 is 7.60 Å². The molecule has 0 aliphatic carbocycles. The molecule has 5 nitrogen and oxygen atoms in total. The molecular weight excluding hydrogens is 241 g/mol. The molecule has 0 fully saturated rings. The Morgan fingerprint density at radius 2 is 1.71 bits per heavy atom. The van der Waals surface area contributed by atoms with E-state index in [1.165, 1.54) is 12.1 Å².